The summed E-state index contributed by atoms with van der Waals surface area (Å²) in [6.07, 6.45) is 2.31. The second-order valence-electron chi connectivity index (χ2n) is 4.88. The molecule has 0 aromatic carbocycles. The molecule has 1 aromatic heterocycles. The maximum Gasteiger partial charge on any atom is 0.330 e. The van der Waals surface area contributed by atoms with Crippen LogP contribution in [0.4, 0.5) is 0 Å². The lowest BCUT2D eigenvalue weighted by Crippen LogP contribution is -2.34. The Morgan fingerprint density at radius 3 is 2.78 bits per heavy atom. The van der Waals surface area contributed by atoms with E-state index in [-0.39, 0.29) is 24.2 Å². The average molecular weight is 254 g/mol. The summed E-state index contributed by atoms with van der Waals surface area (Å²) in [7, 11) is 0. The number of aliphatic hydroxyl groups excluding tert-OH is 1. The van der Waals surface area contributed by atoms with E-state index in [0.717, 1.165) is 0 Å². The van der Waals surface area contributed by atoms with E-state index in [0.29, 0.717) is 18.4 Å². The highest BCUT2D eigenvalue weighted by atomic mass is 16.5. The van der Waals surface area contributed by atoms with Gasteiger partial charge in [-0.1, -0.05) is 13.8 Å². The van der Waals surface area contributed by atoms with Crippen LogP contribution in [0, 0.1) is 0 Å². The molecule has 1 fully saturated rings. The van der Waals surface area contributed by atoms with Gasteiger partial charge in [-0.3, -0.25) is 14.3 Å². The normalized spacial score (nSPS) is 23.8. The second kappa shape index (κ2) is 5.07. The van der Waals surface area contributed by atoms with Gasteiger partial charge in [0.15, 0.2) is 0 Å². The number of nitrogens with one attached hydrogen (secondary N) is 1. The zero-order valence-corrected chi connectivity index (χ0v) is 10.5. The van der Waals surface area contributed by atoms with E-state index in [1.165, 1.54) is 4.57 Å². The maximum atomic E-state index is 11.8. The Balaban J connectivity index is 2.37. The fraction of sp³-hybridized carbons (Fsp3) is 0.667. The first kappa shape index (κ1) is 13.0. The molecule has 0 spiro atoms. The van der Waals surface area contributed by atoms with E-state index in [2.05, 4.69) is 4.98 Å². The number of hydrogen-bond donors (Lipinski definition) is 2. The van der Waals surface area contributed by atoms with Crippen LogP contribution in [-0.2, 0) is 4.74 Å². The van der Waals surface area contributed by atoms with Gasteiger partial charge < -0.3 is 9.84 Å². The van der Waals surface area contributed by atoms with Crippen LogP contribution in [0.5, 0.6) is 0 Å². The standard InChI is InChI=1S/C12H18N2O4/c1-7(2)9-5-14(12(17)13-11(9)16)10-4-3-8(6-15)18-10/h5,7-8,10,15H,3-4,6H2,1-2H3,(H,13,16,17). The summed E-state index contributed by atoms with van der Waals surface area (Å²) >= 11 is 0. The van der Waals surface area contributed by atoms with Gasteiger partial charge in [-0.25, -0.2) is 4.79 Å². The predicted octanol–water partition coefficient (Wildman–Crippen LogP) is 0.330. The number of H-pyrrole nitrogens is 1. The summed E-state index contributed by atoms with van der Waals surface area (Å²) in [5, 5.41) is 9.02. The largest absolute Gasteiger partial charge is 0.394 e. The molecule has 0 bridgehead atoms. The van der Waals surface area contributed by atoms with Gasteiger partial charge in [-0.2, -0.15) is 0 Å². The van der Waals surface area contributed by atoms with Crippen LogP contribution in [0.15, 0.2) is 15.8 Å². The first-order valence-electron chi connectivity index (χ1n) is 6.14. The Kier molecular flexibility index (Phi) is 3.68. The highest BCUT2D eigenvalue weighted by Gasteiger charge is 2.27. The number of nitrogens with zero attached hydrogens (tertiary/aromatic N) is 1. The highest BCUT2D eigenvalue weighted by molar-refractivity contribution is 5.09. The van der Waals surface area contributed by atoms with E-state index >= 15 is 0 Å². The molecule has 2 N–H and O–H groups in total. The third-order valence-corrected chi connectivity index (χ3v) is 3.22. The monoisotopic (exact) mass is 254 g/mol. The van der Waals surface area contributed by atoms with Crippen LogP contribution in [0.25, 0.3) is 0 Å². The summed E-state index contributed by atoms with van der Waals surface area (Å²) in [6, 6.07) is 0. The third kappa shape index (κ3) is 2.39. The van der Waals surface area contributed by atoms with Gasteiger partial charge in [-0.15, -0.1) is 0 Å². The molecular formula is C12H18N2O4. The molecule has 2 rings (SSSR count). The molecule has 1 saturated heterocycles. The smallest absolute Gasteiger partial charge is 0.330 e. The van der Waals surface area contributed by atoms with Crippen molar-refractivity contribution in [1.82, 2.24) is 9.55 Å². The zero-order valence-electron chi connectivity index (χ0n) is 10.5. The molecule has 0 aliphatic carbocycles. The second-order valence-corrected chi connectivity index (χ2v) is 4.88. The molecule has 0 amide bonds. The van der Waals surface area contributed by atoms with Crippen molar-refractivity contribution >= 4 is 0 Å². The van der Waals surface area contributed by atoms with Crippen molar-refractivity contribution in [2.45, 2.75) is 44.9 Å². The van der Waals surface area contributed by atoms with E-state index in [9.17, 15) is 9.59 Å². The number of hydrogen-bond acceptors (Lipinski definition) is 4. The summed E-state index contributed by atoms with van der Waals surface area (Å²) < 4.78 is 6.95. The molecule has 6 nitrogen and oxygen atoms in total. The summed E-state index contributed by atoms with van der Waals surface area (Å²) in [6.45, 7) is 3.74. The highest BCUT2D eigenvalue weighted by Crippen LogP contribution is 2.26. The number of ether oxygens (including phenoxy) is 1. The van der Waals surface area contributed by atoms with Gasteiger partial charge in [0.25, 0.3) is 5.56 Å². The number of aromatic amines is 1. The first-order chi connectivity index (χ1) is 8.52. The molecule has 100 valence electrons. The van der Waals surface area contributed by atoms with Gasteiger partial charge in [-0.05, 0) is 18.8 Å². The Bertz CT molecular complexity index is 532. The van der Waals surface area contributed by atoms with Crippen LogP contribution < -0.4 is 11.2 Å². The molecule has 1 aliphatic heterocycles. The summed E-state index contributed by atoms with van der Waals surface area (Å²) in [4.78, 5) is 25.7. The lowest BCUT2D eigenvalue weighted by Gasteiger charge is -2.16. The molecule has 1 aliphatic rings. The minimum Gasteiger partial charge on any atom is -0.394 e. The van der Waals surface area contributed by atoms with Crippen molar-refractivity contribution in [3.05, 3.63) is 32.6 Å². The van der Waals surface area contributed by atoms with Crippen LogP contribution in [0.3, 0.4) is 0 Å². The van der Waals surface area contributed by atoms with Crippen molar-refractivity contribution < 1.29 is 9.84 Å². The van der Waals surface area contributed by atoms with Crippen LogP contribution in [0.1, 0.15) is 44.4 Å². The van der Waals surface area contributed by atoms with Crippen LogP contribution >= 0.6 is 0 Å². The SMILES string of the molecule is CC(C)c1cn(C2CCC(CO)O2)c(=O)[nH]c1=O. The Morgan fingerprint density at radius 1 is 1.50 bits per heavy atom. The molecular weight excluding hydrogens is 236 g/mol. The maximum absolute atomic E-state index is 11.8. The van der Waals surface area contributed by atoms with Gasteiger partial charge in [0.05, 0.1) is 12.7 Å². The average Bonchev–Trinajstić information content (AvgIpc) is 2.77. The van der Waals surface area contributed by atoms with Gasteiger partial charge in [0.2, 0.25) is 0 Å². The minimum atomic E-state index is -0.465. The lowest BCUT2D eigenvalue weighted by atomic mass is 10.1. The molecule has 0 saturated carbocycles. The van der Waals surface area contributed by atoms with Crippen molar-refractivity contribution in [3.8, 4) is 0 Å². The van der Waals surface area contributed by atoms with Crippen LogP contribution in [0.2, 0.25) is 0 Å². The number of aromatic nitrogens is 2. The molecule has 2 heterocycles. The molecule has 6 heteroatoms. The minimum absolute atomic E-state index is 0.0376. The van der Waals surface area contributed by atoms with Crippen LogP contribution in [-0.4, -0.2) is 27.4 Å². The van der Waals surface area contributed by atoms with Crippen molar-refractivity contribution in [1.29, 1.82) is 0 Å². The molecule has 0 radical (unpaired) electrons. The fourth-order valence-corrected chi connectivity index (χ4v) is 2.15. The third-order valence-electron chi connectivity index (χ3n) is 3.22. The van der Waals surface area contributed by atoms with Crippen molar-refractivity contribution in [2.24, 2.45) is 0 Å². The quantitative estimate of drug-likeness (QED) is 0.814. The molecule has 2 unspecified atom stereocenters. The Labute approximate surface area is 104 Å². The summed E-state index contributed by atoms with van der Waals surface area (Å²) in [5.41, 5.74) is -0.249. The molecule has 1 aromatic rings. The van der Waals surface area contributed by atoms with E-state index in [4.69, 9.17) is 9.84 Å². The molecule has 2 atom stereocenters. The Morgan fingerprint density at radius 2 is 2.22 bits per heavy atom. The fourth-order valence-electron chi connectivity index (χ4n) is 2.15. The van der Waals surface area contributed by atoms with Gasteiger partial charge >= 0.3 is 5.69 Å². The molecule has 18 heavy (non-hydrogen) atoms. The Hall–Kier alpha value is -1.40. The lowest BCUT2D eigenvalue weighted by molar-refractivity contribution is -0.0247. The van der Waals surface area contributed by atoms with Gasteiger partial charge in [0, 0.05) is 11.8 Å². The number of rotatable bonds is 3. The van der Waals surface area contributed by atoms with Crippen molar-refractivity contribution in [2.75, 3.05) is 6.61 Å². The van der Waals surface area contributed by atoms with E-state index in [1.54, 1.807) is 6.20 Å². The van der Waals surface area contributed by atoms with E-state index in [1.807, 2.05) is 13.8 Å². The first-order valence-corrected chi connectivity index (χ1v) is 6.14. The number of aliphatic hydroxyl groups is 1. The summed E-state index contributed by atoms with van der Waals surface area (Å²) in [5.74, 6) is 0.0376. The van der Waals surface area contributed by atoms with Gasteiger partial charge in [0.1, 0.15) is 6.23 Å². The predicted molar refractivity (Wildman–Crippen MR) is 65.6 cm³/mol. The topological polar surface area (TPSA) is 84.3 Å². The zero-order chi connectivity index (χ0) is 13.3. The van der Waals surface area contributed by atoms with Crippen molar-refractivity contribution in [3.63, 3.8) is 0 Å². The van der Waals surface area contributed by atoms with E-state index < -0.39 is 11.9 Å².